The number of carbonyl (C=O) groups is 2. The van der Waals surface area contributed by atoms with Crippen LogP contribution in [0.15, 0.2) is 77.7 Å². The molecule has 0 aliphatic rings. The topological polar surface area (TPSA) is 104 Å². The lowest BCUT2D eigenvalue weighted by Gasteiger charge is -2.15. The van der Waals surface area contributed by atoms with Crippen molar-refractivity contribution in [2.45, 2.75) is 31.7 Å². The van der Waals surface area contributed by atoms with Gasteiger partial charge < -0.3 is 10.6 Å². The minimum absolute atomic E-state index is 0.165. The summed E-state index contributed by atoms with van der Waals surface area (Å²) in [7, 11) is -3.71. The molecular formula is C24H25N3O4S. The van der Waals surface area contributed by atoms with Crippen LogP contribution in [0.2, 0.25) is 0 Å². The van der Waals surface area contributed by atoms with Gasteiger partial charge in [-0.3, -0.25) is 14.3 Å². The first kappa shape index (κ1) is 23.0. The summed E-state index contributed by atoms with van der Waals surface area (Å²) >= 11 is 0. The predicted octanol–water partition coefficient (Wildman–Crippen LogP) is 3.86. The Hall–Kier alpha value is -3.65. The number of amides is 2. The second-order valence-corrected chi connectivity index (χ2v) is 9.23. The van der Waals surface area contributed by atoms with Crippen LogP contribution in [-0.4, -0.2) is 26.3 Å². The Morgan fingerprint density at radius 2 is 1.44 bits per heavy atom. The summed E-state index contributed by atoms with van der Waals surface area (Å²) in [4.78, 5) is 24.9. The third-order valence-electron chi connectivity index (χ3n) is 4.76. The molecule has 32 heavy (non-hydrogen) atoms. The molecule has 3 N–H and O–H groups in total. The minimum Gasteiger partial charge on any atom is -0.341 e. The van der Waals surface area contributed by atoms with Gasteiger partial charge in [0.25, 0.3) is 15.9 Å². The first-order valence-corrected chi connectivity index (χ1v) is 11.5. The highest BCUT2D eigenvalue weighted by atomic mass is 32.2. The van der Waals surface area contributed by atoms with Gasteiger partial charge in [-0.05, 0) is 69.3 Å². The molecule has 3 aromatic rings. The van der Waals surface area contributed by atoms with E-state index in [0.717, 1.165) is 11.1 Å². The highest BCUT2D eigenvalue weighted by Gasteiger charge is 2.17. The quantitative estimate of drug-likeness (QED) is 0.507. The number of hydrogen-bond donors (Lipinski definition) is 3. The van der Waals surface area contributed by atoms with Crippen LogP contribution in [0.3, 0.4) is 0 Å². The number of anilines is 2. The van der Waals surface area contributed by atoms with Crippen LogP contribution in [0.4, 0.5) is 11.4 Å². The van der Waals surface area contributed by atoms with Crippen molar-refractivity contribution in [1.29, 1.82) is 0 Å². The number of rotatable bonds is 7. The zero-order chi connectivity index (χ0) is 23.3. The molecule has 3 rings (SSSR count). The zero-order valence-electron chi connectivity index (χ0n) is 18.0. The fourth-order valence-electron chi connectivity index (χ4n) is 2.94. The van der Waals surface area contributed by atoms with Gasteiger partial charge in [-0.2, -0.15) is 0 Å². The Morgan fingerprint density at radius 1 is 0.812 bits per heavy atom. The molecule has 166 valence electrons. The van der Waals surface area contributed by atoms with Gasteiger partial charge in [-0.1, -0.05) is 35.4 Å². The van der Waals surface area contributed by atoms with Crippen molar-refractivity contribution in [3.8, 4) is 0 Å². The largest absolute Gasteiger partial charge is 0.341 e. The standard InChI is InChI=1S/C24H25N3O4S/c1-16-7-13-22(14-8-16)32(30,31)27-21-11-9-20(10-12-21)26-23(28)18(3)25-24(29)19-6-4-5-17(2)15-19/h4-15,18,27H,1-3H3,(H,25,29)(H,26,28)/t18-/m1/s1. The van der Waals surface area contributed by atoms with Crippen LogP contribution in [0, 0.1) is 13.8 Å². The van der Waals surface area contributed by atoms with Gasteiger partial charge in [-0.15, -0.1) is 0 Å². The maximum atomic E-state index is 12.5. The Bertz CT molecular complexity index is 1220. The third-order valence-corrected chi connectivity index (χ3v) is 6.15. The Balaban J connectivity index is 1.59. The van der Waals surface area contributed by atoms with E-state index >= 15 is 0 Å². The van der Waals surface area contributed by atoms with Gasteiger partial charge >= 0.3 is 0 Å². The second-order valence-electron chi connectivity index (χ2n) is 7.55. The number of hydrogen-bond acceptors (Lipinski definition) is 4. The molecule has 8 heteroatoms. The van der Waals surface area contributed by atoms with Crippen molar-refractivity contribution in [3.05, 3.63) is 89.5 Å². The maximum Gasteiger partial charge on any atom is 0.261 e. The molecule has 0 fully saturated rings. The number of nitrogens with one attached hydrogen (secondary N) is 3. The second kappa shape index (κ2) is 9.65. The van der Waals surface area contributed by atoms with Gasteiger partial charge in [0.1, 0.15) is 6.04 Å². The Morgan fingerprint density at radius 3 is 2.06 bits per heavy atom. The van der Waals surface area contributed by atoms with Crippen LogP contribution >= 0.6 is 0 Å². The van der Waals surface area contributed by atoms with Crippen molar-refractivity contribution in [1.82, 2.24) is 5.32 Å². The SMILES string of the molecule is Cc1ccc(S(=O)(=O)Nc2ccc(NC(=O)[C@@H](C)NC(=O)c3cccc(C)c3)cc2)cc1. The van der Waals surface area contributed by atoms with E-state index < -0.39 is 16.1 Å². The van der Waals surface area contributed by atoms with Crippen LogP contribution in [-0.2, 0) is 14.8 Å². The Labute approximate surface area is 187 Å². The number of aryl methyl sites for hydroxylation is 2. The van der Waals surface area contributed by atoms with Crippen LogP contribution in [0.5, 0.6) is 0 Å². The molecule has 0 heterocycles. The fourth-order valence-corrected chi connectivity index (χ4v) is 3.99. The van der Waals surface area contributed by atoms with E-state index in [1.54, 1.807) is 73.7 Å². The van der Waals surface area contributed by atoms with E-state index in [9.17, 15) is 18.0 Å². The lowest BCUT2D eigenvalue weighted by Crippen LogP contribution is -2.41. The average Bonchev–Trinajstić information content (AvgIpc) is 2.75. The van der Waals surface area contributed by atoms with Gasteiger partial charge in [-0.25, -0.2) is 8.42 Å². The molecule has 0 aliphatic heterocycles. The van der Waals surface area contributed by atoms with E-state index in [1.165, 1.54) is 0 Å². The summed E-state index contributed by atoms with van der Waals surface area (Å²) < 4.78 is 27.5. The van der Waals surface area contributed by atoms with Crippen molar-refractivity contribution in [2.75, 3.05) is 10.0 Å². The smallest absolute Gasteiger partial charge is 0.261 e. The van der Waals surface area contributed by atoms with Crippen LogP contribution in [0.1, 0.15) is 28.4 Å². The summed E-state index contributed by atoms with van der Waals surface area (Å²) in [6, 6.07) is 19.1. The van der Waals surface area contributed by atoms with Crippen molar-refractivity contribution < 1.29 is 18.0 Å². The van der Waals surface area contributed by atoms with E-state index in [4.69, 9.17) is 0 Å². The summed E-state index contributed by atoms with van der Waals surface area (Å²) in [5.74, 6) is -0.726. The van der Waals surface area contributed by atoms with Gasteiger partial charge in [0, 0.05) is 16.9 Å². The maximum absolute atomic E-state index is 12.5. The summed E-state index contributed by atoms with van der Waals surface area (Å²) in [6.07, 6.45) is 0. The molecule has 3 aromatic carbocycles. The van der Waals surface area contributed by atoms with E-state index in [-0.39, 0.29) is 16.7 Å². The summed E-state index contributed by atoms with van der Waals surface area (Å²) in [5, 5.41) is 5.37. The molecule has 0 saturated heterocycles. The molecule has 0 unspecified atom stereocenters. The Kier molecular flexibility index (Phi) is 6.95. The lowest BCUT2D eigenvalue weighted by molar-refractivity contribution is -0.117. The van der Waals surface area contributed by atoms with E-state index in [2.05, 4.69) is 15.4 Å². The molecule has 0 aliphatic carbocycles. The fraction of sp³-hybridized carbons (Fsp3) is 0.167. The normalized spacial score (nSPS) is 12.0. The zero-order valence-corrected chi connectivity index (χ0v) is 18.9. The molecule has 0 radical (unpaired) electrons. The van der Waals surface area contributed by atoms with Crippen LogP contribution in [0.25, 0.3) is 0 Å². The molecule has 2 amide bonds. The van der Waals surface area contributed by atoms with E-state index in [1.807, 2.05) is 19.9 Å². The molecule has 0 spiro atoms. The van der Waals surface area contributed by atoms with Crippen molar-refractivity contribution in [2.24, 2.45) is 0 Å². The molecule has 0 saturated carbocycles. The molecule has 0 bridgehead atoms. The van der Waals surface area contributed by atoms with Gasteiger partial charge in [0.2, 0.25) is 5.91 Å². The number of carbonyl (C=O) groups excluding carboxylic acids is 2. The lowest BCUT2D eigenvalue weighted by atomic mass is 10.1. The number of sulfonamides is 1. The van der Waals surface area contributed by atoms with Gasteiger partial charge in [0.05, 0.1) is 4.90 Å². The minimum atomic E-state index is -3.71. The van der Waals surface area contributed by atoms with Crippen LogP contribution < -0.4 is 15.4 Å². The summed E-state index contributed by atoms with van der Waals surface area (Å²) in [5.41, 5.74) is 3.24. The van der Waals surface area contributed by atoms with Gasteiger partial charge in [0.15, 0.2) is 0 Å². The van der Waals surface area contributed by atoms with E-state index in [0.29, 0.717) is 16.9 Å². The summed E-state index contributed by atoms with van der Waals surface area (Å²) in [6.45, 7) is 5.36. The molecule has 1 atom stereocenters. The average molecular weight is 452 g/mol. The highest BCUT2D eigenvalue weighted by Crippen LogP contribution is 2.19. The van der Waals surface area contributed by atoms with Crippen molar-refractivity contribution >= 4 is 33.2 Å². The first-order chi connectivity index (χ1) is 15.1. The molecule has 0 aromatic heterocycles. The number of benzene rings is 3. The van der Waals surface area contributed by atoms with Crippen molar-refractivity contribution in [3.63, 3.8) is 0 Å². The predicted molar refractivity (Wildman–Crippen MR) is 125 cm³/mol. The molecular weight excluding hydrogens is 426 g/mol. The monoisotopic (exact) mass is 451 g/mol. The first-order valence-electron chi connectivity index (χ1n) is 10.0. The third kappa shape index (κ3) is 5.95. The highest BCUT2D eigenvalue weighted by molar-refractivity contribution is 7.92. The molecule has 7 nitrogen and oxygen atoms in total.